The molecule has 0 amide bonds. The van der Waals surface area contributed by atoms with Crippen LogP contribution < -0.4 is 0 Å². The number of hydrogen-bond donors (Lipinski definition) is 3. The van der Waals surface area contributed by atoms with Crippen molar-refractivity contribution in [1.82, 2.24) is 0 Å². The number of rotatable bonds is 6. The third kappa shape index (κ3) is 6.27. The Balaban J connectivity index is 3.55. The average Bonchev–Trinajstić information content (AvgIpc) is 2.11. The standard InChI is InChI=1S/C8H14O5/c1-6(8(11)12)2-3-13-5-7(10)4-9/h2,7,9-10H,3-5H2,1H3,(H,11,12). The van der Waals surface area contributed by atoms with Crippen molar-refractivity contribution in [1.29, 1.82) is 0 Å². The summed E-state index contributed by atoms with van der Waals surface area (Å²) in [5.74, 6) is -0.994. The van der Waals surface area contributed by atoms with E-state index in [1.54, 1.807) is 0 Å². The van der Waals surface area contributed by atoms with E-state index < -0.39 is 12.1 Å². The fourth-order valence-electron chi connectivity index (χ4n) is 0.528. The molecule has 76 valence electrons. The highest BCUT2D eigenvalue weighted by Crippen LogP contribution is 1.92. The number of ether oxygens (including phenoxy) is 1. The van der Waals surface area contributed by atoms with Gasteiger partial charge >= 0.3 is 5.97 Å². The highest BCUT2D eigenvalue weighted by atomic mass is 16.5. The normalized spacial score (nSPS) is 14.2. The van der Waals surface area contributed by atoms with Gasteiger partial charge in [-0.05, 0) is 13.0 Å². The lowest BCUT2D eigenvalue weighted by molar-refractivity contribution is -0.132. The molecule has 0 spiro atoms. The lowest BCUT2D eigenvalue weighted by Gasteiger charge is -2.05. The van der Waals surface area contributed by atoms with Crippen LogP contribution in [-0.4, -0.2) is 47.2 Å². The van der Waals surface area contributed by atoms with Crippen molar-refractivity contribution in [3.63, 3.8) is 0 Å². The highest BCUT2D eigenvalue weighted by Gasteiger charge is 2.01. The number of carboxylic acids is 1. The van der Waals surface area contributed by atoms with Crippen LogP contribution in [0.15, 0.2) is 11.6 Å². The van der Waals surface area contributed by atoms with Gasteiger partial charge in [0.05, 0.1) is 19.8 Å². The molecule has 0 aromatic heterocycles. The molecule has 0 bridgehead atoms. The van der Waals surface area contributed by atoms with Gasteiger partial charge in [0.1, 0.15) is 6.10 Å². The van der Waals surface area contributed by atoms with Crippen molar-refractivity contribution >= 4 is 5.97 Å². The molecule has 5 nitrogen and oxygen atoms in total. The molecule has 1 atom stereocenters. The van der Waals surface area contributed by atoms with Gasteiger partial charge in [-0.2, -0.15) is 0 Å². The summed E-state index contributed by atoms with van der Waals surface area (Å²) in [5.41, 5.74) is 0.193. The van der Waals surface area contributed by atoms with E-state index in [1.165, 1.54) is 13.0 Å². The molecule has 0 fully saturated rings. The topological polar surface area (TPSA) is 87.0 Å². The van der Waals surface area contributed by atoms with Gasteiger partial charge in [-0.3, -0.25) is 0 Å². The zero-order valence-electron chi connectivity index (χ0n) is 7.43. The lowest BCUT2D eigenvalue weighted by Crippen LogP contribution is -2.19. The number of aliphatic carboxylic acids is 1. The van der Waals surface area contributed by atoms with Gasteiger partial charge in [0, 0.05) is 5.57 Å². The van der Waals surface area contributed by atoms with E-state index in [4.69, 9.17) is 20.1 Å². The third-order valence-electron chi connectivity index (χ3n) is 1.37. The second-order valence-electron chi connectivity index (χ2n) is 2.57. The number of aliphatic hydroxyl groups is 2. The van der Waals surface area contributed by atoms with E-state index in [1.807, 2.05) is 0 Å². The minimum Gasteiger partial charge on any atom is -0.478 e. The van der Waals surface area contributed by atoms with Gasteiger partial charge in [0.15, 0.2) is 0 Å². The molecule has 0 saturated heterocycles. The first kappa shape index (κ1) is 12.1. The zero-order valence-corrected chi connectivity index (χ0v) is 7.43. The van der Waals surface area contributed by atoms with E-state index in [0.717, 1.165) is 0 Å². The first-order valence-corrected chi connectivity index (χ1v) is 3.84. The molecule has 13 heavy (non-hydrogen) atoms. The molecule has 0 rings (SSSR count). The zero-order chi connectivity index (χ0) is 10.3. The van der Waals surface area contributed by atoms with Crippen LogP contribution in [0.3, 0.4) is 0 Å². The van der Waals surface area contributed by atoms with Crippen LogP contribution in [0.4, 0.5) is 0 Å². The molecule has 3 N–H and O–H groups in total. The number of carboxylic acid groups (broad SMARTS) is 1. The van der Waals surface area contributed by atoms with Gasteiger partial charge < -0.3 is 20.1 Å². The summed E-state index contributed by atoms with van der Waals surface area (Å²) >= 11 is 0. The Bertz CT molecular complexity index is 187. The van der Waals surface area contributed by atoms with Crippen molar-refractivity contribution in [2.75, 3.05) is 19.8 Å². The number of carbonyl (C=O) groups is 1. The van der Waals surface area contributed by atoms with Crippen molar-refractivity contribution in [2.24, 2.45) is 0 Å². The largest absolute Gasteiger partial charge is 0.478 e. The van der Waals surface area contributed by atoms with E-state index >= 15 is 0 Å². The first-order valence-electron chi connectivity index (χ1n) is 3.84. The summed E-state index contributed by atoms with van der Waals surface area (Å²) in [6.45, 7) is 1.21. The summed E-state index contributed by atoms with van der Waals surface area (Å²) in [6, 6.07) is 0. The van der Waals surface area contributed by atoms with E-state index in [9.17, 15) is 4.79 Å². The van der Waals surface area contributed by atoms with Crippen molar-refractivity contribution in [3.8, 4) is 0 Å². The van der Waals surface area contributed by atoms with Gasteiger partial charge in [0.25, 0.3) is 0 Å². The van der Waals surface area contributed by atoms with Crippen LogP contribution in [0.25, 0.3) is 0 Å². The lowest BCUT2D eigenvalue weighted by atomic mass is 10.3. The predicted molar refractivity (Wildman–Crippen MR) is 45.3 cm³/mol. The average molecular weight is 190 g/mol. The van der Waals surface area contributed by atoms with E-state index in [-0.39, 0.29) is 25.4 Å². The monoisotopic (exact) mass is 190 g/mol. The fourth-order valence-corrected chi connectivity index (χ4v) is 0.528. The Morgan fingerprint density at radius 2 is 2.23 bits per heavy atom. The Kier molecular flexibility index (Phi) is 6.13. The minimum absolute atomic E-state index is 0.000100. The highest BCUT2D eigenvalue weighted by molar-refractivity contribution is 5.85. The summed E-state index contributed by atoms with van der Waals surface area (Å²) in [6.07, 6.45) is 0.491. The number of hydrogen-bond acceptors (Lipinski definition) is 4. The maximum Gasteiger partial charge on any atom is 0.331 e. The quantitative estimate of drug-likeness (QED) is 0.384. The van der Waals surface area contributed by atoms with Gasteiger partial charge in [-0.25, -0.2) is 4.79 Å². The van der Waals surface area contributed by atoms with E-state index in [2.05, 4.69) is 0 Å². The summed E-state index contributed by atoms with van der Waals surface area (Å²) in [7, 11) is 0. The number of aliphatic hydroxyl groups excluding tert-OH is 2. The van der Waals surface area contributed by atoms with Crippen LogP contribution in [0.2, 0.25) is 0 Å². The minimum atomic E-state index is -0.994. The molecule has 0 saturated carbocycles. The molecule has 5 heteroatoms. The molecular formula is C8H14O5. The molecular weight excluding hydrogens is 176 g/mol. The molecule has 0 aromatic carbocycles. The summed E-state index contributed by atoms with van der Waals surface area (Å²) in [4.78, 5) is 10.3. The Morgan fingerprint density at radius 3 is 2.69 bits per heavy atom. The summed E-state index contributed by atoms with van der Waals surface area (Å²) in [5, 5.41) is 25.6. The van der Waals surface area contributed by atoms with Crippen LogP contribution >= 0.6 is 0 Å². The maximum atomic E-state index is 10.3. The van der Waals surface area contributed by atoms with Crippen LogP contribution in [0, 0.1) is 0 Å². The maximum absolute atomic E-state index is 10.3. The third-order valence-corrected chi connectivity index (χ3v) is 1.37. The Hall–Kier alpha value is -0.910. The Morgan fingerprint density at radius 1 is 1.62 bits per heavy atom. The van der Waals surface area contributed by atoms with Crippen LogP contribution in [0.5, 0.6) is 0 Å². The first-order chi connectivity index (χ1) is 6.07. The second kappa shape index (κ2) is 6.59. The van der Waals surface area contributed by atoms with Crippen LogP contribution in [0.1, 0.15) is 6.92 Å². The predicted octanol–water partition coefficient (Wildman–Crippen LogP) is -0.613. The van der Waals surface area contributed by atoms with Crippen molar-refractivity contribution in [3.05, 3.63) is 11.6 Å². The molecule has 0 aliphatic heterocycles. The molecule has 0 heterocycles. The van der Waals surface area contributed by atoms with Crippen LogP contribution in [-0.2, 0) is 9.53 Å². The smallest absolute Gasteiger partial charge is 0.331 e. The summed E-state index contributed by atoms with van der Waals surface area (Å²) < 4.78 is 4.86. The fraction of sp³-hybridized carbons (Fsp3) is 0.625. The van der Waals surface area contributed by atoms with Gasteiger partial charge in [-0.15, -0.1) is 0 Å². The molecule has 1 unspecified atom stereocenters. The molecule has 0 aliphatic carbocycles. The second-order valence-corrected chi connectivity index (χ2v) is 2.57. The van der Waals surface area contributed by atoms with Crippen molar-refractivity contribution in [2.45, 2.75) is 13.0 Å². The SMILES string of the molecule is CC(=CCOCC(O)CO)C(=O)O. The molecule has 0 aliphatic rings. The van der Waals surface area contributed by atoms with Gasteiger partial charge in [0.2, 0.25) is 0 Å². The van der Waals surface area contributed by atoms with E-state index in [0.29, 0.717) is 0 Å². The van der Waals surface area contributed by atoms with Gasteiger partial charge in [-0.1, -0.05) is 0 Å². The molecule has 0 aromatic rings. The van der Waals surface area contributed by atoms with Crippen molar-refractivity contribution < 1.29 is 24.9 Å². The Labute approximate surface area is 76.3 Å². The molecule has 0 radical (unpaired) electrons.